The third-order valence-electron chi connectivity index (χ3n) is 7.96. The quantitative estimate of drug-likeness (QED) is 0.509. The van der Waals surface area contributed by atoms with Crippen molar-refractivity contribution < 1.29 is 1.43 Å². The highest BCUT2D eigenvalue weighted by Crippen LogP contribution is 2.48. The van der Waals surface area contributed by atoms with Gasteiger partial charge in [0.25, 0.3) is 0 Å². The third kappa shape index (κ3) is 3.07. The average molecular weight is 429 g/mol. The van der Waals surface area contributed by atoms with Gasteiger partial charge in [0, 0.05) is 47.7 Å². The Kier molecular flexibility index (Phi) is 4.63. The monoisotopic (exact) mass is 428 g/mol. The SMILES string of the molecule is CC1=Nc2ncc(-c3ccn4nc(NC5CCC5)ncc34)cc2C1(C)C1CCC=CCC1.[HH]. The first-order valence-corrected chi connectivity index (χ1v) is 12.0. The molecule has 6 nitrogen and oxygen atoms in total. The molecular formula is C26H32N6. The molecule has 0 aromatic carbocycles. The number of hydrogen-bond donors (Lipinski definition) is 1. The Bertz CT molecular complexity index is 1230. The minimum Gasteiger partial charge on any atom is -0.350 e. The number of aliphatic imine (C=N–C) groups is 1. The van der Waals surface area contributed by atoms with Gasteiger partial charge >= 0.3 is 0 Å². The second-order valence-electron chi connectivity index (χ2n) is 9.73. The van der Waals surface area contributed by atoms with Gasteiger partial charge in [-0.1, -0.05) is 12.2 Å². The van der Waals surface area contributed by atoms with Crippen LogP contribution in [0, 0.1) is 5.92 Å². The summed E-state index contributed by atoms with van der Waals surface area (Å²) in [5, 5.41) is 8.12. The van der Waals surface area contributed by atoms with E-state index >= 15 is 0 Å². The van der Waals surface area contributed by atoms with Crippen LogP contribution < -0.4 is 5.32 Å². The highest BCUT2D eigenvalue weighted by molar-refractivity contribution is 6.00. The van der Waals surface area contributed by atoms with Gasteiger partial charge in [-0.15, -0.1) is 5.10 Å². The average Bonchev–Trinajstić information content (AvgIpc) is 3.15. The van der Waals surface area contributed by atoms with Gasteiger partial charge in [0.2, 0.25) is 5.95 Å². The smallest absolute Gasteiger partial charge is 0.241 e. The molecule has 4 heterocycles. The molecular weight excluding hydrogens is 396 g/mol. The summed E-state index contributed by atoms with van der Waals surface area (Å²) in [4.78, 5) is 14.3. The molecule has 0 amide bonds. The molecule has 3 aromatic heterocycles. The van der Waals surface area contributed by atoms with E-state index in [0.29, 0.717) is 17.9 Å². The predicted octanol–water partition coefficient (Wildman–Crippen LogP) is 6.11. The van der Waals surface area contributed by atoms with E-state index in [1.807, 2.05) is 23.1 Å². The van der Waals surface area contributed by atoms with E-state index in [1.165, 1.54) is 43.4 Å². The zero-order valence-electron chi connectivity index (χ0n) is 18.9. The molecule has 0 spiro atoms. The molecule has 32 heavy (non-hydrogen) atoms. The van der Waals surface area contributed by atoms with Gasteiger partial charge < -0.3 is 5.32 Å². The number of rotatable bonds is 4. The Morgan fingerprint density at radius 3 is 2.66 bits per heavy atom. The van der Waals surface area contributed by atoms with E-state index in [1.54, 1.807) is 0 Å². The van der Waals surface area contributed by atoms with Gasteiger partial charge in [-0.3, -0.25) is 0 Å². The number of allylic oxidation sites excluding steroid dienone is 2. The van der Waals surface area contributed by atoms with Crippen LogP contribution in [0.2, 0.25) is 0 Å². The van der Waals surface area contributed by atoms with Crippen LogP contribution in [0.4, 0.5) is 11.8 Å². The minimum absolute atomic E-state index is 0. The number of nitrogens with one attached hydrogen (secondary N) is 1. The summed E-state index contributed by atoms with van der Waals surface area (Å²) < 4.78 is 1.93. The number of hydrogen-bond acceptors (Lipinski definition) is 5. The van der Waals surface area contributed by atoms with Crippen molar-refractivity contribution in [2.75, 3.05) is 5.32 Å². The molecule has 166 valence electrons. The fourth-order valence-corrected chi connectivity index (χ4v) is 5.56. The number of pyridine rings is 1. The molecule has 3 aliphatic rings. The lowest BCUT2D eigenvalue weighted by Gasteiger charge is -2.35. The van der Waals surface area contributed by atoms with E-state index in [4.69, 9.17) is 9.98 Å². The molecule has 2 aliphatic carbocycles. The number of fused-ring (bicyclic) bond motifs is 2. The summed E-state index contributed by atoms with van der Waals surface area (Å²) in [6.45, 7) is 4.55. The largest absolute Gasteiger partial charge is 0.350 e. The van der Waals surface area contributed by atoms with Gasteiger partial charge in [-0.2, -0.15) is 0 Å². The minimum atomic E-state index is -0.0593. The lowest BCUT2D eigenvalue weighted by molar-refractivity contribution is 0.346. The van der Waals surface area contributed by atoms with Crippen molar-refractivity contribution >= 4 is 23.0 Å². The van der Waals surface area contributed by atoms with E-state index in [-0.39, 0.29) is 6.84 Å². The molecule has 6 heteroatoms. The van der Waals surface area contributed by atoms with Gasteiger partial charge in [-0.05, 0) is 76.8 Å². The molecule has 3 aromatic rings. The van der Waals surface area contributed by atoms with Crippen molar-refractivity contribution in [1.29, 1.82) is 0 Å². The first-order valence-electron chi connectivity index (χ1n) is 12.0. The molecule has 1 fully saturated rings. The highest BCUT2D eigenvalue weighted by Gasteiger charge is 2.44. The molecule has 1 aliphatic heterocycles. The van der Waals surface area contributed by atoms with Crippen LogP contribution in [0.15, 0.2) is 47.9 Å². The maximum absolute atomic E-state index is 4.90. The summed E-state index contributed by atoms with van der Waals surface area (Å²) in [6.07, 6.45) is 19.0. The Morgan fingerprint density at radius 2 is 1.91 bits per heavy atom. The Balaban J connectivity index is 0.00000228. The van der Waals surface area contributed by atoms with Gasteiger partial charge in [-0.25, -0.2) is 19.5 Å². The van der Waals surface area contributed by atoms with Gasteiger partial charge in [0.05, 0.1) is 11.7 Å². The van der Waals surface area contributed by atoms with Crippen molar-refractivity contribution in [2.24, 2.45) is 10.9 Å². The normalized spacial score (nSPS) is 23.6. The van der Waals surface area contributed by atoms with Crippen LogP contribution in [-0.2, 0) is 5.41 Å². The van der Waals surface area contributed by atoms with Crippen molar-refractivity contribution in [3.05, 3.63) is 48.4 Å². The number of aromatic nitrogens is 4. The van der Waals surface area contributed by atoms with Crippen molar-refractivity contribution in [2.45, 2.75) is 70.3 Å². The van der Waals surface area contributed by atoms with E-state index < -0.39 is 0 Å². The topological polar surface area (TPSA) is 67.5 Å². The van der Waals surface area contributed by atoms with E-state index in [0.717, 1.165) is 35.3 Å². The lowest BCUT2D eigenvalue weighted by Crippen LogP contribution is -2.36. The van der Waals surface area contributed by atoms with Crippen LogP contribution in [0.3, 0.4) is 0 Å². The van der Waals surface area contributed by atoms with Gasteiger partial charge in [0.15, 0.2) is 5.82 Å². The summed E-state index contributed by atoms with van der Waals surface area (Å²) in [5.41, 5.74) is 5.63. The summed E-state index contributed by atoms with van der Waals surface area (Å²) in [7, 11) is 0. The fourth-order valence-electron chi connectivity index (χ4n) is 5.56. The summed E-state index contributed by atoms with van der Waals surface area (Å²) in [5.74, 6) is 2.17. The molecule has 0 bridgehead atoms. The molecule has 1 saturated carbocycles. The molecule has 0 saturated heterocycles. The molecule has 0 radical (unpaired) electrons. The number of anilines is 1. The van der Waals surface area contributed by atoms with Crippen molar-refractivity contribution in [3.8, 4) is 11.1 Å². The Hall–Kier alpha value is -3.02. The highest BCUT2D eigenvalue weighted by atomic mass is 15.3. The molecule has 1 atom stereocenters. The predicted molar refractivity (Wildman–Crippen MR) is 131 cm³/mol. The van der Waals surface area contributed by atoms with Crippen LogP contribution in [0.5, 0.6) is 0 Å². The summed E-state index contributed by atoms with van der Waals surface area (Å²) in [6, 6.07) is 4.95. The lowest BCUT2D eigenvalue weighted by atomic mass is 9.67. The third-order valence-corrected chi connectivity index (χ3v) is 7.96. The van der Waals surface area contributed by atoms with Crippen molar-refractivity contribution in [1.82, 2.24) is 19.6 Å². The Morgan fingerprint density at radius 1 is 1.09 bits per heavy atom. The van der Waals surface area contributed by atoms with E-state index in [2.05, 4.69) is 53.5 Å². The van der Waals surface area contributed by atoms with E-state index in [9.17, 15) is 0 Å². The van der Waals surface area contributed by atoms with Crippen molar-refractivity contribution in [3.63, 3.8) is 0 Å². The second-order valence-corrected chi connectivity index (χ2v) is 9.73. The zero-order valence-corrected chi connectivity index (χ0v) is 18.9. The molecule has 6 rings (SSSR count). The fraction of sp³-hybridized carbons (Fsp3) is 0.462. The van der Waals surface area contributed by atoms with Crippen LogP contribution in [0.25, 0.3) is 16.6 Å². The maximum Gasteiger partial charge on any atom is 0.241 e. The van der Waals surface area contributed by atoms with Crippen LogP contribution >= 0.6 is 0 Å². The second kappa shape index (κ2) is 7.54. The summed E-state index contributed by atoms with van der Waals surface area (Å²) >= 11 is 0. The zero-order chi connectivity index (χ0) is 21.7. The molecule has 1 unspecified atom stereocenters. The first kappa shape index (κ1) is 19.6. The van der Waals surface area contributed by atoms with Crippen LogP contribution in [-0.4, -0.2) is 31.3 Å². The number of nitrogens with zero attached hydrogens (tertiary/aromatic N) is 5. The van der Waals surface area contributed by atoms with Crippen LogP contribution in [0.1, 0.15) is 65.8 Å². The maximum atomic E-state index is 4.90. The van der Waals surface area contributed by atoms with Gasteiger partial charge in [0.1, 0.15) is 0 Å². The first-order chi connectivity index (χ1) is 15.6. The standard InChI is InChI=1S/C26H30N6.H2/c1-17-26(2,19-8-5-3-4-6-9-19)22-14-18(15-27-24(22)29-17)21-12-13-32-23(21)16-28-25(31-32)30-20-10-7-11-20;/h3-4,12-16,19-20H,5-11H2,1-2H3,(H,30,31);1H. The Labute approximate surface area is 190 Å². The molecule has 1 N–H and O–H groups in total.